The average molecular weight is 510 g/mol. The van der Waals surface area contributed by atoms with Crippen LogP contribution >= 0.6 is 0 Å². The summed E-state index contributed by atoms with van der Waals surface area (Å²) >= 11 is 0. The second-order valence-electron chi connectivity index (χ2n) is 8.14. The van der Waals surface area contributed by atoms with E-state index in [2.05, 4.69) is 10.6 Å². The van der Waals surface area contributed by atoms with Gasteiger partial charge in [0.25, 0.3) is 5.91 Å². The van der Waals surface area contributed by atoms with Gasteiger partial charge in [-0.3, -0.25) is 13.9 Å². The van der Waals surface area contributed by atoms with Gasteiger partial charge in [0.15, 0.2) is 11.5 Å². The molecule has 0 aromatic heterocycles. The van der Waals surface area contributed by atoms with E-state index in [1.54, 1.807) is 36.4 Å². The first-order valence-electron chi connectivity index (χ1n) is 11.4. The van der Waals surface area contributed by atoms with Gasteiger partial charge < -0.3 is 20.1 Å². The van der Waals surface area contributed by atoms with Crippen molar-refractivity contribution in [1.82, 2.24) is 5.32 Å². The van der Waals surface area contributed by atoms with Gasteiger partial charge in [0.1, 0.15) is 6.54 Å². The Balaban J connectivity index is 1.52. The third-order valence-corrected chi connectivity index (χ3v) is 7.47. The Kier molecular flexibility index (Phi) is 7.44. The van der Waals surface area contributed by atoms with E-state index in [-0.39, 0.29) is 41.4 Å². The number of anilines is 2. The van der Waals surface area contributed by atoms with Crippen LogP contribution in [-0.4, -0.2) is 39.3 Å². The Morgan fingerprint density at radius 1 is 0.972 bits per heavy atom. The van der Waals surface area contributed by atoms with Crippen LogP contribution in [-0.2, 0) is 14.8 Å². The molecule has 10 heteroatoms. The molecule has 2 N–H and O–H groups in total. The van der Waals surface area contributed by atoms with Crippen molar-refractivity contribution >= 4 is 33.2 Å². The SMILES string of the molecule is CCS(=O)(=O)N(CC(=O)Nc1ccccc1C(=O)NC(C)c1ccccc1)c1ccc2c(c1)OCO2. The predicted octanol–water partition coefficient (Wildman–Crippen LogP) is 3.70. The van der Waals surface area contributed by atoms with Crippen molar-refractivity contribution in [3.63, 3.8) is 0 Å². The Hall–Kier alpha value is -4.05. The molecule has 9 nitrogen and oxygen atoms in total. The lowest BCUT2D eigenvalue weighted by molar-refractivity contribution is -0.114. The second-order valence-corrected chi connectivity index (χ2v) is 10.3. The van der Waals surface area contributed by atoms with Crippen molar-refractivity contribution in [2.75, 3.05) is 28.7 Å². The molecule has 3 aromatic rings. The zero-order valence-corrected chi connectivity index (χ0v) is 20.7. The number of hydrogen-bond donors (Lipinski definition) is 2. The number of benzene rings is 3. The molecule has 188 valence electrons. The largest absolute Gasteiger partial charge is 0.454 e. The van der Waals surface area contributed by atoms with Gasteiger partial charge in [-0.15, -0.1) is 0 Å². The summed E-state index contributed by atoms with van der Waals surface area (Å²) in [5.41, 5.74) is 1.76. The monoisotopic (exact) mass is 509 g/mol. The van der Waals surface area contributed by atoms with Crippen molar-refractivity contribution in [2.45, 2.75) is 19.9 Å². The summed E-state index contributed by atoms with van der Waals surface area (Å²) in [4.78, 5) is 26.0. The summed E-state index contributed by atoms with van der Waals surface area (Å²) in [7, 11) is -3.79. The number of carbonyl (C=O) groups is 2. The number of nitrogens with one attached hydrogen (secondary N) is 2. The van der Waals surface area contributed by atoms with E-state index in [0.717, 1.165) is 9.87 Å². The normalized spacial score (nSPS) is 13.1. The van der Waals surface area contributed by atoms with Crippen LogP contribution in [0.1, 0.15) is 35.8 Å². The highest BCUT2D eigenvalue weighted by atomic mass is 32.2. The molecule has 3 aromatic carbocycles. The Morgan fingerprint density at radius 2 is 1.67 bits per heavy atom. The molecule has 0 saturated carbocycles. The summed E-state index contributed by atoms with van der Waals surface area (Å²) in [6.45, 7) is 2.93. The van der Waals surface area contributed by atoms with Crippen LogP contribution in [0.4, 0.5) is 11.4 Å². The van der Waals surface area contributed by atoms with Gasteiger partial charge in [-0.05, 0) is 43.7 Å². The number of hydrogen-bond acceptors (Lipinski definition) is 6. The number of sulfonamides is 1. The molecule has 0 spiro atoms. The Bertz CT molecular complexity index is 1360. The summed E-state index contributed by atoms with van der Waals surface area (Å²) in [6, 6.07) is 20.5. The summed E-state index contributed by atoms with van der Waals surface area (Å²) in [5.74, 6) is -0.261. The summed E-state index contributed by atoms with van der Waals surface area (Å²) in [6.07, 6.45) is 0. The zero-order chi connectivity index (χ0) is 25.7. The van der Waals surface area contributed by atoms with Crippen LogP contribution < -0.4 is 24.4 Å². The first-order valence-corrected chi connectivity index (χ1v) is 13.0. The van der Waals surface area contributed by atoms with Crippen molar-refractivity contribution in [1.29, 1.82) is 0 Å². The van der Waals surface area contributed by atoms with Crippen LogP contribution in [0, 0.1) is 0 Å². The van der Waals surface area contributed by atoms with Crippen LogP contribution in [0.15, 0.2) is 72.8 Å². The Labute approximate surface area is 210 Å². The molecule has 1 heterocycles. The fourth-order valence-corrected chi connectivity index (χ4v) is 4.82. The fraction of sp³-hybridized carbons (Fsp3) is 0.231. The van der Waals surface area contributed by atoms with Crippen LogP contribution in [0.3, 0.4) is 0 Å². The highest BCUT2D eigenvalue weighted by Crippen LogP contribution is 2.36. The molecule has 0 fully saturated rings. The number of carbonyl (C=O) groups excluding carboxylic acids is 2. The highest BCUT2D eigenvalue weighted by molar-refractivity contribution is 7.92. The Morgan fingerprint density at radius 3 is 2.42 bits per heavy atom. The van der Waals surface area contributed by atoms with E-state index in [0.29, 0.717) is 11.5 Å². The van der Waals surface area contributed by atoms with Crippen molar-refractivity contribution in [3.05, 3.63) is 83.9 Å². The molecular formula is C26H27N3O6S. The zero-order valence-electron chi connectivity index (χ0n) is 19.9. The van der Waals surface area contributed by atoms with E-state index in [4.69, 9.17) is 9.47 Å². The minimum absolute atomic E-state index is 0.0432. The molecule has 4 rings (SSSR count). The lowest BCUT2D eigenvalue weighted by Crippen LogP contribution is -2.39. The molecular weight excluding hydrogens is 482 g/mol. The van der Waals surface area contributed by atoms with Crippen molar-refractivity contribution in [3.8, 4) is 11.5 Å². The van der Waals surface area contributed by atoms with Gasteiger partial charge in [-0.1, -0.05) is 42.5 Å². The third kappa shape index (κ3) is 5.60. The average Bonchev–Trinajstić information content (AvgIpc) is 3.36. The summed E-state index contributed by atoms with van der Waals surface area (Å²) in [5, 5.41) is 5.62. The number of amides is 2. The lowest BCUT2D eigenvalue weighted by atomic mass is 10.1. The topological polar surface area (TPSA) is 114 Å². The number of ether oxygens (including phenoxy) is 2. The van der Waals surface area contributed by atoms with E-state index in [1.807, 2.05) is 37.3 Å². The van der Waals surface area contributed by atoms with Gasteiger partial charge in [-0.25, -0.2) is 8.42 Å². The van der Waals surface area contributed by atoms with E-state index >= 15 is 0 Å². The summed E-state index contributed by atoms with van der Waals surface area (Å²) < 4.78 is 37.3. The molecule has 2 amide bonds. The quantitative estimate of drug-likeness (QED) is 0.455. The number of fused-ring (bicyclic) bond motifs is 1. The second kappa shape index (κ2) is 10.7. The number of rotatable bonds is 9. The van der Waals surface area contributed by atoms with Crippen molar-refractivity contribution in [2.24, 2.45) is 0 Å². The first-order chi connectivity index (χ1) is 17.3. The molecule has 0 aliphatic carbocycles. The number of para-hydroxylation sites is 1. The maximum Gasteiger partial charge on any atom is 0.253 e. The molecule has 1 aliphatic rings. The minimum Gasteiger partial charge on any atom is -0.454 e. The number of nitrogens with zero attached hydrogens (tertiary/aromatic N) is 1. The smallest absolute Gasteiger partial charge is 0.253 e. The van der Waals surface area contributed by atoms with Crippen LogP contribution in [0.25, 0.3) is 0 Å². The molecule has 0 bridgehead atoms. The maximum atomic E-state index is 13.0. The third-order valence-electron chi connectivity index (χ3n) is 5.72. The fourth-order valence-electron chi connectivity index (χ4n) is 3.76. The molecule has 0 saturated heterocycles. The predicted molar refractivity (Wildman–Crippen MR) is 137 cm³/mol. The highest BCUT2D eigenvalue weighted by Gasteiger charge is 2.26. The first kappa shape index (κ1) is 25.1. The standard InChI is InChI=1S/C26H27N3O6S/c1-3-36(32,33)29(20-13-14-23-24(15-20)35-17-34-23)16-25(30)28-22-12-8-7-11-21(22)26(31)27-18(2)19-9-5-4-6-10-19/h4-15,18H,3,16-17H2,1-2H3,(H,27,31)(H,28,30). The molecule has 0 radical (unpaired) electrons. The minimum atomic E-state index is -3.79. The molecule has 1 unspecified atom stereocenters. The van der Waals surface area contributed by atoms with E-state index in [1.165, 1.54) is 13.0 Å². The van der Waals surface area contributed by atoms with E-state index in [9.17, 15) is 18.0 Å². The van der Waals surface area contributed by atoms with Crippen LogP contribution in [0.2, 0.25) is 0 Å². The van der Waals surface area contributed by atoms with Gasteiger partial charge in [0.05, 0.1) is 28.7 Å². The lowest BCUT2D eigenvalue weighted by Gasteiger charge is -2.24. The van der Waals surface area contributed by atoms with Crippen molar-refractivity contribution < 1.29 is 27.5 Å². The van der Waals surface area contributed by atoms with Gasteiger partial charge in [0, 0.05) is 6.07 Å². The van der Waals surface area contributed by atoms with Gasteiger partial charge in [-0.2, -0.15) is 0 Å². The van der Waals surface area contributed by atoms with Gasteiger partial charge >= 0.3 is 0 Å². The molecule has 1 aliphatic heterocycles. The molecule has 1 atom stereocenters. The van der Waals surface area contributed by atoms with Crippen LogP contribution in [0.5, 0.6) is 11.5 Å². The van der Waals surface area contributed by atoms with E-state index < -0.39 is 22.5 Å². The molecule has 36 heavy (non-hydrogen) atoms. The maximum absolute atomic E-state index is 13.0. The van der Waals surface area contributed by atoms with Gasteiger partial charge in [0.2, 0.25) is 22.7 Å².